The van der Waals surface area contributed by atoms with Crippen LogP contribution in [0.4, 0.5) is 10.7 Å². The zero-order chi connectivity index (χ0) is 13.4. The van der Waals surface area contributed by atoms with E-state index in [2.05, 4.69) is 18.7 Å². The lowest BCUT2D eigenvalue weighted by atomic mass is 10.0. The lowest BCUT2D eigenvalue weighted by Crippen LogP contribution is -2.18. The number of nitrogens with zero attached hydrogens (tertiary/aromatic N) is 1. The number of carbonyl (C=O) groups excluding carboxylic acids is 1. The molecule has 1 aliphatic heterocycles. The molecule has 1 aromatic rings. The van der Waals surface area contributed by atoms with Gasteiger partial charge in [0.1, 0.15) is 15.6 Å². The number of primary amides is 1. The van der Waals surface area contributed by atoms with Crippen LogP contribution in [0.3, 0.4) is 0 Å². The molecule has 1 aliphatic rings. The molecule has 0 bridgehead atoms. The first-order chi connectivity index (χ1) is 8.45. The van der Waals surface area contributed by atoms with Gasteiger partial charge in [-0.15, -0.1) is 11.3 Å². The maximum absolute atomic E-state index is 11.3. The zero-order valence-corrected chi connectivity index (χ0v) is 11.7. The minimum absolute atomic E-state index is 0.359. The SMILES string of the molecule is COc1c(N2CC(C)C(C)C2)sc(C(N)=O)c1N. The first-order valence-corrected chi connectivity index (χ1v) is 6.78. The second kappa shape index (κ2) is 4.68. The van der Waals surface area contributed by atoms with Crippen molar-refractivity contribution in [1.82, 2.24) is 0 Å². The summed E-state index contributed by atoms with van der Waals surface area (Å²) in [5.41, 5.74) is 11.6. The van der Waals surface area contributed by atoms with Crippen molar-refractivity contribution in [3.05, 3.63) is 4.88 Å². The summed E-state index contributed by atoms with van der Waals surface area (Å²) in [4.78, 5) is 13.9. The third-order valence-corrected chi connectivity index (χ3v) is 4.85. The molecule has 0 aromatic carbocycles. The second-order valence-electron chi connectivity index (χ2n) is 4.91. The molecule has 18 heavy (non-hydrogen) atoms. The number of thiophene rings is 1. The van der Waals surface area contributed by atoms with Gasteiger partial charge in [0.2, 0.25) is 0 Å². The number of hydrogen-bond donors (Lipinski definition) is 2. The molecule has 0 aliphatic carbocycles. The van der Waals surface area contributed by atoms with E-state index in [9.17, 15) is 4.79 Å². The average Bonchev–Trinajstić information content (AvgIpc) is 2.80. The van der Waals surface area contributed by atoms with E-state index < -0.39 is 5.91 Å². The minimum Gasteiger partial charge on any atom is -0.492 e. The van der Waals surface area contributed by atoms with Crippen molar-refractivity contribution in [3.63, 3.8) is 0 Å². The van der Waals surface area contributed by atoms with Gasteiger partial charge in [0.15, 0.2) is 5.75 Å². The third-order valence-electron chi connectivity index (χ3n) is 3.59. The van der Waals surface area contributed by atoms with E-state index in [1.165, 1.54) is 11.3 Å². The van der Waals surface area contributed by atoms with Crippen LogP contribution in [-0.2, 0) is 0 Å². The van der Waals surface area contributed by atoms with Crippen LogP contribution in [0, 0.1) is 11.8 Å². The Morgan fingerprint density at radius 1 is 1.39 bits per heavy atom. The lowest BCUT2D eigenvalue weighted by Gasteiger charge is -2.17. The topological polar surface area (TPSA) is 81.6 Å². The van der Waals surface area contributed by atoms with E-state index in [0.717, 1.165) is 18.1 Å². The quantitative estimate of drug-likeness (QED) is 0.872. The van der Waals surface area contributed by atoms with Crippen molar-refractivity contribution < 1.29 is 9.53 Å². The Morgan fingerprint density at radius 2 is 1.94 bits per heavy atom. The number of nitrogen functional groups attached to an aromatic ring is 1. The molecule has 2 heterocycles. The molecule has 1 aromatic heterocycles. The van der Waals surface area contributed by atoms with Gasteiger partial charge in [-0.25, -0.2) is 0 Å². The van der Waals surface area contributed by atoms with Gasteiger partial charge in [-0.2, -0.15) is 0 Å². The highest BCUT2D eigenvalue weighted by Crippen LogP contribution is 2.46. The fourth-order valence-electron chi connectivity index (χ4n) is 2.30. The standard InChI is InChI=1S/C12H19N3O2S/c1-6-4-15(5-7(6)2)12-9(17-3)8(13)10(18-12)11(14)16/h6-7H,4-5,13H2,1-3H3,(H2,14,16). The van der Waals surface area contributed by atoms with E-state index in [4.69, 9.17) is 16.2 Å². The Kier molecular flexibility index (Phi) is 3.38. The summed E-state index contributed by atoms with van der Waals surface area (Å²) < 4.78 is 5.33. The molecule has 1 fully saturated rings. The molecule has 2 rings (SSSR count). The molecule has 1 saturated heterocycles. The Hall–Kier alpha value is -1.43. The molecule has 0 spiro atoms. The number of ether oxygens (including phenoxy) is 1. The molecule has 0 radical (unpaired) electrons. The predicted octanol–water partition coefficient (Wildman–Crippen LogP) is 1.53. The van der Waals surface area contributed by atoms with Crippen LogP contribution in [0.5, 0.6) is 5.75 Å². The summed E-state index contributed by atoms with van der Waals surface area (Å²) >= 11 is 1.32. The fourth-order valence-corrected chi connectivity index (χ4v) is 3.36. The van der Waals surface area contributed by atoms with Gasteiger partial charge in [-0.1, -0.05) is 13.8 Å². The number of hydrogen-bond acceptors (Lipinski definition) is 5. The highest BCUT2D eigenvalue weighted by Gasteiger charge is 2.31. The van der Waals surface area contributed by atoms with Crippen molar-refractivity contribution >= 4 is 27.9 Å². The van der Waals surface area contributed by atoms with Gasteiger partial charge in [0.05, 0.1) is 7.11 Å². The number of rotatable bonds is 3. The summed E-state index contributed by atoms with van der Waals surface area (Å²) in [5.74, 6) is 1.32. The molecule has 2 atom stereocenters. The molecule has 100 valence electrons. The molecule has 6 heteroatoms. The van der Waals surface area contributed by atoms with Crippen molar-refractivity contribution in [1.29, 1.82) is 0 Å². The van der Waals surface area contributed by atoms with Gasteiger partial charge in [0, 0.05) is 13.1 Å². The summed E-state index contributed by atoms with van der Waals surface area (Å²) in [6, 6.07) is 0. The van der Waals surface area contributed by atoms with Crippen LogP contribution < -0.4 is 21.1 Å². The number of anilines is 2. The molecular formula is C12H19N3O2S. The first kappa shape index (κ1) is 13.0. The third kappa shape index (κ3) is 2.01. The maximum atomic E-state index is 11.3. The molecule has 5 nitrogen and oxygen atoms in total. The summed E-state index contributed by atoms with van der Waals surface area (Å²) in [6.45, 7) is 6.36. The fraction of sp³-hybridized carbons (Fsp3) is 0.583. The largest absolute Gasteiger partial charge is 0.492 e. The van der Waals surface area contributed by atoms with Crippen molar-refractivity contribution in [2.75, 3.05) is 30.8 Å². The molecule has 4 N–H and O–H groups in total. The van der Waals surface area contributed by atoms with Gasteiger partial charge >= 0.3 is 0 Å². The highest BCUT2D eigenvalue weighted by atomic mass is 32.1. The van der Waals surface area contributed by atoms with E-state index in [1.54, 1.807) is 7.11 Å². The lowest BCUT2D eigenvalue weighted by molar-refractivity contribution is 0.100. The van der Waals surface area contributed by atoms with Crippen molar-refractivity contribution in [2.45, 2.75) is 13.8 Å². The van der Waals surface area contributed by atoms with Crippen LogP contribution in [0.1, 0.15) is 23.5 Å². The Balaban J connectivity index is 2.39. The van der Waals surface area contributed by atoms with Gasteiger partial charge < -0.3 is 21.1 Å². The van der Waals surface area contributed by atoms with Crippen molar-refractivity contribution in [3.8, 4) is 5.75 Å². The van der Waals surface area contributed by atoms with E-state index in [0.29, 0.717) is 28.1 Å². The Bertz CT molecular complexity index is 462. The Labute approximate surface area is 111 Å². The highest BCUT2D eigenvalue weighted by molar-refractivity contribution is 7.19. The van der Waals surface area contributed by atoms with Crippen LogP contribution in [0.2, 0.25) is 0 Å². The smallest absolute Gasteiger partial charge is 0.261 e. The zero-order valence-electron chi connectivity index (χ0n) is 10.9. The summed E-state index contributed by atoms with van der Waals surface area (Å²) in [5, 5.41) is 0.917. The van der Waals surface area contributed by atoms with Gasteiger partial charge in [-0.3, -0.25) is 4.79 Å². The monoisotopic (exact) mass is 269 g/mol. The predicted molar refractivity (Wildman–Crippen MR) is 74.3 cm³/mol. The number of nitrogens with two attached hydrogens (primary N) is 2. The van der Waals surface area contributed by atoms with Crippen molar-refractivity contribution in [2.24, 2.45) is 17.6 Å². The normalized spacial score (nSPS) is 23.4. The Morgan fingerprint density at radius 3 is 2.39 bits per heavy atom. The summed E-state index contributed by atoms with van der Waals surface area (Å²) in [6.07, 6.45) is 0. The molecule has 2 unspecified atom stereocenters. The number of methoxy groups -OCH3 is 1. The molecule has 1 amide bonds. The molecule has 0 saturated carbocycles. The van der Waals surface area contributed by atoms with Gasteiger partial charge in [-0.05, 0) is 11.8 Å². The first-order valence-electron chi connectivity index (χ1n) is 5.96. The van der Waals surface area contributed by atoms with E-state index in [1.807, 2.05) is 0 Å². The van der Waals surface area contributed by atoms with Crippen LogP contribution >= 0.6 is 11.3 Å². The maximum Gasteiger partial charge on any atom is 0.261 e. The average molecular weight is 269 g/mol. The second-order valence-corrected chi connectivity index (χ2v) is 5.91. The molecular weight excluding hydrogens is 250 g/mol. The van der Waals surface area contributed by atoms with Gasteiger partial charge in [0.25, 0.3) is 5.91 Å². The van der Waals surface area contributed by atoms with Crippen LogP contribution in [-0.4, -0.2) is 26.1 Å². The number of amides is 1. The van der Waals surface area contributed by atoms with E-state index in [-0.39, 0.29) is 0 Å². The van der Waals surface area contributed by atoms with E-state index >= 15 is 0 Å². The van der Waals surface area contributed by atoms with Crippen LogP contribution in [0.25, 0.3) is 0 Å². The summed E-state index contributed by atoms with van der Waals surface area (Å²) in [7, 11) is 1.57. The minimum atomic E-state index is -0.498. The van der Waals surface area contributed by atoms with Crippen LogP contribution in [0.15, 0.2) is 0 Å². The number of carbonyl (C=O) groups is 1.